The van der Waals surface area contributed by atoms with E-state index in [-0.39, 0.29) is 17.9 Å². The summed E-state index contributed by atoms with van der Waals surface area (Å²) in [5, 5.41) is 3.24. The zero-order valence-electron chi connectivity index (χ0n) is 14.8. The molecule has 7 heteroatoms. The Hall–Kier alpha value is -2.28. The molecule has 0 spiro atoms. The van der Waals surface area contributed by atoms with Crippen LogP contribution in [0.3, 0.4) is 0 Å². The minimum absolute atomic E-state index is 0.0549. The zero-order chi connectivity index (χ0) is 17.8. The lowest BCUT2D eigenvalue weighted by Gasteiger charge is -2.36. The summed E-state index contributed by atoms with van der Waals surface area (Å²) in [6.45, 7) is 3.09. The van der Waals surface area contributed by atoms with Gasteiger partial charge in [0.2, 0.25) is 5.91 Å². The minimum Gasteiger partial charge on any atom is -0.493 e. The molecule has 2 aliphatic heterocycles. The number of ether oxygens (including phenoxy) is 2. The van der Waals surface area contributed by atoms with E-state index in [9.17, 15) is 9.59 Å². The zero-order valence-corrected chi connectivity index (χ0v) is 14.8. The molecule has 3 rings (SSSR count). The maximum Gasteiger partial charge on any atom is 0.257 e. The standard InChI is InChI=1S/C18H25N3O4/c1-24-15-7-3-5-13(16(15)25-2)17(22)20-9-11-21(12-10-20)18(23)14-6-4-8-19-14/h3,5,7,14,19H,4,6,8-12H2,1-2H3. The van der Waals surface area contributed by atoms with Crippen molar-refractivity contribution in [2.24, 2.45) is 0 Å². The van der Waals surface area contributed by atoms with E-state index in [1.54, 1.807) is 30.2 Å². The predicted octanol–water partition coefficient (Wildman–Crippen LogP) is 0.740. The molecule has 2 saturated heterocycles. The molecule has 0 saturated carbocycles. The van der Waals surface area contributed by atoms with Gasteiger partial charge in [0.25, 0.3) is 5.91 Å². The molecule has 2 amide bonds. The first-order chi connectivity index (χ1) is 12.2. The van der Waals surface area contributed by atoms with Crippen molar-refractivity contribution in [3.8, 4) is 11.5 Å². The number of nitrogens with one attached hydrogen (secondary N) is 1. The van der Waals surface area contributed by atoms with Crippen molar-refractivity contribution in [1.29, 1.82) is 0 Å². The monoisotopic (exact) mass is 347 g/mol. The molecule has 0 radical (unpaired) electrons. The third-order valence-electron chi connectivity index (χ3n) is 4.87. The maximum atomic E-state index is 12.9. The summed E-state index contributed by atoms with van der Waals surface area (Å²) in [4.78, 5) is 28.9. The minimum atomic E-state index is -0.0955. The summed E-state index contributed by atoms with van der Waals surface area (Å²) in [5.41, 5.74) is 0.485. The van der Waals surface area contributed by atoms with Gasteiger partial charge in [-0.3, -0.25) is 9.59 Å². The molecule has 136 valence electrons. The number of hydrogen-bond donors (Lipinski definition) is 1. The summed E-state index contributed by atoms with van der Waals surface area (Å²) in [6, 6.07) is 5.23. The third-order valence-corrected chi connectivity index (χ3v) is 4.87. The van der Waals surface area contributed by atoms with Crippen molar-refractivity contribution in [3.63, 3.8) is 0 Å². The van der Waals surface area contributed by atoms with E-state index in [2.05, 4.69) is 5.32 Å². The molecule has 0 bridgehead atoms. The first kappa shape index (κ1) is 17.5. The van der Waals surface area contributed by atoms with Crippen molar-refractivity contribution in [3.05, 3.63) is 23.8 Å². The number of benzene rings is 1. The van der Waals surface area contributed by atoms with Crippen LogP contribution in [0.4, 0.5) is 0 Å². The second-order valence-corrected chi connectivity index (χ2v) is 6.31. The second kappa shape index (κ2) is 7.74. The van der Waals surface area contributed by atoms with Crippen LogP contribution in [0.1, 0.15) is 23.2 Å². The van der Waals surface area contributed by atoms with E-state index >= 15 is 0 Å². The predicted molar refractivity (Wildman–Crippen MR) is 93.1 cm³/mol. The molecule has 1 aromatic carbocycles. The van der Waals surface area contributed by atoms with Crippen LogP contribution < -0.4 is 14.8 Å². The molecule has 7 nitrogen and oxygen atoms in total. The van der Waals surface area contributed by atoms with E-state index in [0.717, 1.165) is 19.4 Å². The van der Waals surface area contributed by atoms with E-state index < -0.39 is 0 Å². The Morgan fingerprint density at radius 2 is 1.80 bits per heavy atom. The number of methoxy groups -OCH3 is 2. The maximum absolute atomic E-state index is 12.9. The Bertz CT molecular complexity index is 635. The summed E-state index contributed by atoms with van der Waals surface area (Å²) in [6.07, 6.45) is 1.95. The van der Waals surface area contributed by atoms with Crippen molar-refractivity contribution in [1.82, 2.24) is 15.1 Å². The highest BCUT2D eigenvalue weighted by Gasteiger charge is 2.31. The van der Waals surface area contributed by atoms with Gasteiger partial charge >= 0.3 is 0 Å². The fourth-order valence-corrected chi connectivity index (χ4v) is 3.47. The highest BCUT2D eigenvalue weighted by molar-refractivity contribution is 5.98. The number of rotatable bonds is 4. The topological polar surface area (TPSA) is 71.1 Å². The number of piperazine rings is 1. The number of amides is 2. The fourth-order valence-electron chi connectivity index (χ4n) is 3.47. The highest BCUT2D eigenvalue weighted by Crippen LogP contribution is 2.31. The normalized spacial score (nSPS) is 20.5. The molecular weight excluding hydrogens is 322 g/mol. The Labute approximate surface area is 147 Å². The Balaban J connectivity index is 1.65. The highest BCUT2D eigenvalue weighted by atomic mass is 16.5. The van der Waals surface area contributed by atoms with Crippen LogP contribution in [0.25, 0.3) is 0 Å². The van der Waals surface area contributed by atoms with Crippen molar-refractivity contribution < 1.29 is 19.1 Å². The van der Waals surface area contributed by atoms with Crippen molar-refractivity contribution in [2.45, 2.75) is 18.9 Å². The molecule has 1 unspecified atom stereocenters. The molecule has 2 fully saturated rings. The SMILES string of the molecule is COc1cccc(C(=O)N2CCN(C(=O)C3CCCN3)CC2)c1OC. The average molecular weight is 347 g/mol. The Morgan fingerprint density at radius 1 is 1.08 bits per heavy atom. The van der Waals surface area contributed by atoms with Gasteiger partial charge in [0.1, 0.15) is 0 Å². The number of nitrogens with zero attached hydrogens (tertiary/aromatic N) is 2. The first-order valence-corrected chi connectivity index (χ1v) is 8.68. The summed E-state index contributed by atoms with van der Waals surface area (Å²) >= 11 is 0. The van der Waals surface area contributed by atoms with Crippen molar-refractivity contribution >= 4 is 11.8 Å². The van der Waals surface area contributed by atoms with E-state index in [4.69, 9.17) is 9.47 Å². The van der Waals surface area contributed by atoms with Crippen molar-refractivity contribution in [2.75, 3.05) is 46.9 Å². The lowest BCUT2D eigenvalue weighted by molar-refractivity contribution is -0.134. The molecule has 1 aromatic rings. The van der Waals surface area contributed by atoms with Crippen LogP contribution in [-0.4, -0.2) is 74.6 Å². The number of para-hydroxylation sites is 1. The average Bonchev–Trinajstić information content (AvgIpc) is 3.21. The molecule has 1 atom stereocenters. The summed E-state index contributed by atoms with van der Waals surface area (Å²) in [5.74, 6) is 1.04. The van der Waals surface area contributed by atoms with Gasteiger partial charge in [0.15, 0.2) is 11.5 Å². The molecule has 2 aliphatic rings. The summed E-state index contributed by atoms with van der Waals surface area (Å²) in [7, 11) is 3.08. The molecule has 0 aliphatic carbocycles. The van der Waals surface area contributed by atoms with Gasteiger partial charge < -0.3 is 24.6 Å². The summed E-state index contributed by atoms with van der Waals surface area (Å²) < 4.78 is 10.6. The van der Waals surface area contributed by atoms with Gasteiger partial charge in [-0.2, -0.15) is 0 Å². The largest absolute Gasteiger partial charge is 0.493 e. The number of carbonyl (C=O) groups excluding carboxylic acids is 2. The van der Waals surface area contributed by atoms with E-state index in [1.807, 2.05) is 4.90 Å². The van der Waals surface area contributed by atoms with Crippen LogP contribution in [0.5, 0.6) is 11.5 Å². The van der Waals surface area contributed by atoms with Gasteiger partial charge in [-0.1, -0.05) is 6.07 Å². The molecule has 1 N–H and O–H groups in total. The third kappa shape index (κ3) is 3.56. The Morgan fingerprint density at radius 3 is 2.40 bits per heavy atom. The van der Waals surface area contributed by atoms with Crippen LogP contribution in [0.2, 0.25) is 0 Å². The lowest BCUT2D eigenvalue weighted by atomic mass is 10.1. The smallest absolute Gasteiger partial charge is 0.257 e. The lowest BCUT2D eigenvalue weighted by Crippen LogP contribution is -2.54. The van der Waals surface area contributed by atoms with E-state index in [1.165, 1.54) is 7.11 Å². The van der Waals surface area contributed by atoms with Gasteiger partial charge in [-0.15, -0.1) is 0 Å². The first-order valence-electron chi connectivity index (χ1n) is 8.68. The molecule has 2 heterocycles. The molecule has 0 aromatic heterocycles. The Kier molecular flexibility index (Phi) is 5.43. The van der Waals surface area contributed by atoms with Crippen LogP contribution in [-0.2, 0) is 4.79 Å². The van der Waals surface area contributed by atoms with E-state index in [0.29, 0.717) is 43.2 Å². The van der Waals surface area contributed by atoms with Crippen LogP contribution >= 0.6 is 0 Å². The quantitative estimate of drug-likeness (QED) is 0.870. The fraction of sp³-hybridized carbons (Fsp3) is 0.556. The van der Waals surface area contributed by atoms with Gasteiger partial charge in [-0.25, -0.2) is 0 Å². The van der Waals surface area contributed by atoms with Crippen LogP contribution in [0, 0.1) is 0 Å². The second-order valence-electron chi connectivity index (χ2n) is 6.31. The number of hydrogen-bond acceptors (Lipinski definition) is 5. The van der Waals surface area contributed by atoms with Gasteiger partial charge in [0, 0.05) is 26.2 Å². The van der Waals surface area contributed by atoms with Gasteiger partial charge in [0.05, 0.1) is 25.8 Å². The van der Waals surface area contributed by atoms with Gasteiger partial charge in [-0.05, 0) is 31.5 Å². The van der Waals surface area contributed by atoms with Crippen LogP contribution in [0.15, 0.2) is 18.2 Å². The number of carbonyl (C=O) groups is 2. The molecular formula is C18H25N3O4. The molecule has 25 heavy (non-hydrogen) atoms.